The fourth-order valence-corrected chi connectivity index (χ4v) is 4.14. The summed E-state index contributed by atoms with van der Waals surface area (Å²) in [7, 11) is 0. The topological polar surface area (TPSA) is 114 Å². The van der Waals surface area contributed by atoms with Crippen LogP contribution in [0.15, 0.2) is 27.1 Å². The van der Waals surface area contributed by atoms with Crippen molar-refractivity contribution in [3.05, 3.63) is 41.1 Å². The molecule has 1 saturated heterocycles. The van der Waals surface area contributed by atoms with Gasteiger partial charge in [0, 0.05) is 25.1 Å². The third-order valence-corrected chi connectivity index (χ3v) is 5.65. The Hall–Kier alpha value is -3.01. The Bertz CT molecular complexity index is 1020. The van der Waals surface area contributed by atoms with Crippen LogP contribution in [0.2, 0.25) is 0 Å². The Morgan fingerprint density at radius 1 is 1.34 bits per heavy atom. The van der Waals surface area contributed by atoms with Crippen LogP contribution in [0.1, 0.15) is 46.5 Å². The fourth-order valence-electron chi connectivity index (χ4n) is 3.44. The summed E-state index contributed by atoms with van der Waals surface area (Å²) in [5.74, 6) is 1.04. The maximum Gasteiger partial charge on any atom is 0.287 e. The lowest BCUT2D eigenvalue weighted by molar-refractivity contribution is -0.131. The van der Waals surface area contributed by atoms with E-state index in [1.165, 1.54) is 11.5 Å². The van der Waals surface area contributed by atoms with E-state index in [1.54, 1.807) is 24.0 Å². The molecule has 4 rings (SSSR count). The Labute approximate surface area is 171 Å². The molecule has 0 aliphatic carbocycles. The zero-order valence-electron chi connectivity index (χ0n) is 16.2. The average Bonchev–Trinajstić information content (AvgIpc) is 3.46. The van der Waals surface area contributed by atoms with E-state index in [0.717, 1.165) is 29.1 Å². The molecular formula is C19H21N5O4S. The Kier molecular flexibility index (Phi) is 5.43. The first kappa shape index (κ1) is 19.3. The molecule has 0 radical (unpaired) electrons. The predicted molar refractivity (Wildman–Crippen MR) is 104 cm³/mol. The summed E-state index contributed by atoms with van der Waals surface area (Å²) in [6.07, 6.45) is 1.77. The number of likely N-dealkylation sites (tertiary alicyclic amines) is 1. The maximum absolute atomic E-state index is 12.6. The molecule has 9 nitrogen and oxygen atoms in total. The van der Waals surface area contributed by atoms with Gasteiger partial charge in [0.05, 0.1) is 17.9 Å². The molecule has 0 spiro atoms. The van der Waals surface area contributed by atoms with Crippen LogP contribution in [-0.2, 0) is 4.79 Å². The molecule has 0 bridgehead atoms. The monoisotopic (exact) mass is 415 g/mol. The number of aryl methyl sites for hydroxylation is 2. The highest BCUT2D eigenvalue weighted by Crippen LogP contribution is 2.35. The van der Waals surface area contributed by atoms with E-state index in [2.05, 4.69) is 20.1 Å². The molecule has 0 saturated carbocycles. The molecule has 29 heavy (non-hydrogen) atoms. The van der Waals surface area contributed by atoms with E-state index in [9.17, 15) is 9.59 Å². The van der Waals surface area contributed by atoms with Crippen molar-refractivity contribution in [1.82, 2.24) is 25.0 Å². The Balaban J connectivity index is 1.39. The van der Waals surface area contributed by atoms with Crippen molar-refractivity contribution in [2.24, 2.45) is 0 Å². The van der Waals surface area contributed by atoms with Crippen molar-refractivity contribution >= 4 is 23.3 Å². The number of carbonyl (C=O) groups is 2. The highest BCUT2D eigenvalue weighted by atomic mass is 32.1. The molecule has 3 aromatic heterocycles. The van der Waals surface area contributed by atoms with Gasteiger partial charge in [-0.05, 0) is 50.4 Å². The summed E-state index contributed by atoms with van der Waals surface area (Å²) in [5.41, 5.74) is 1.63. The lowest BCUT2D eigenvalue weighted by Gasteiger charge is -2.32. The molecule has 3 aromatic rings. The predicted octanol–water partition coefficient (Wildman–Crippen LogP) is 2.54. The van der Waals surface area contributed by atoms with E-state index in [1.807, 2.05) is 13.0 Å². The second-order valence-electron chi connectivity index (χ2n) is 7.09. The van der Waals surface area contributed by atoms with Crippen LogP contribution in [0.25, 0.3) is 10.6 Å². The maximum atomic E-state index is 12.6. The van der Waals surface area contributed by atoms with Crippen LogP contribution < -0.4 is 5.32 Å². The SMILES string of the molecule is Cc1cc(-c2snnc2[C@@H]2CCCN(C(=O)CNC(=O)c3ccc(C)o3)C2)on1. The van der Waals surface area contributed by atoms with Crippen LogP contribution in [0.3, 0.4) is 0 Å². The van der Waals surface area contributed by atoms with Crippen molar-refractivity contribution in [3.63, 3.8) is 0 Å². The zero-order valence-corrected chi connectivity index (χ0v) is 17.0. The molecule has 0 unspecified atom stereocenters. The van der Waals surface area contributed by atoms with Crippen LogP contribution in [-0.4, -0.2) is 51.1 Å². The third-order valence-electron chi connectivity index (χ3n) is 4.89. The summed E-state index contributed by atoms with van der Waals surface area (Å²) in [5, 5.41) is 10.9. The number of furan rings is 1. The van der Waals surface area contributed by atoms with Gasteiger partial charge in [0.2, 0.25) is 5.91 Å². The number of piperidine rings is 1. The van der Waals surface area contributed by atoms with Crippen LogP contribution >= 0.6 is 11.5 Å². The molecule has 1 aliphatic rings. The summed E-state index contributed by atoms with van der Waals surface area (Å²) in [6, 6.07) is 5.16. The number of hydrogen-bond acceptors (Lipinski definition) is 8. The Morgan fingerprint density at radius 2 is 2.21 bits per heavy atom. The quantitative estimate of drug-likeness (QED) is 0.681. The van der Waals surface area contributed by atoms with Crippen LogP contribution in [0, 0.1) is 13.8 Å². The van der Waals surface area contributed by atoms with E-state index < -0.39 is 5.91 Å². The minimum Gasteiger partial charge on any atom is -0.456 e. The van der Waals surface area contributed by atoms with Gasteiger partial charge in [-0.1, -0.05) is 9.64 Å². The second kappa shape index (κ2) is 8.16. The van der Waals surface area contributed by atoms with Gasteiger partial charge in [-0.25, -0.2) is 0 Å². The standard InChI is InChI=1S/C19H21N5O4S/c1-11-8-15(28-22-11)18-17(21-23-29-18)13-4-3-7-24(10-13)16(25)9-20-19(26)14-6-5-12(2)27-14/h5-6,8,13H,3-4,7,9-10H2,1-2H3,(H,20,26)/t13-/m1/s1. The minimum atomic E-state index is -0.397. The average molecular weight is 415 g/mol. The van der Waals surface area contributed by atoms with E-state index in [0.29, 0.717) is 24.6 Å². The zero-order chi connectivity index (χ0) is 20.4. The van der Waals surface area contributed by atoms with E-state index in [4.69, 9.17) is 8.94 Å². The number of nitrogens with zero attached hydrogens (tertiary/aromatic N) is 4. The highest BCUT2D eigenvalue weighted by molar-refractivity contribution is 7.09. The molecule has 1 N–H and O–H groups in total. The van der Waals surface area contributed by atoms with Gasteiger partial charge >= 0.3 is 0 Å². The lowest BCUT2D eigenvalue weighted by Crippen LogP contribution is -2.44. The molecule has 1 aliphatic heterocycles. The first-order valence-electron chi connectivity index (χ1n) is 9.39. The Morgan fingerprint density at radius 3 is 2.93 bits per heavy atom. The smallest absolute Gasteiger partial charge is 0.287 e. The van der Waals surface area contributed by atoms with Crippen molar-refractivity contribution in [3.8, 4) is 10.6 Å². The number of aromatic nitrogens is 3. The summed E-state index contributed by atoms with van der Waals surface area (Å²) < 4.78 is 14.7. The number of nitrogens with one attached hydrogen (secondary N) is 1. The van der Waals surface area contributed by atoms with E-state index >= 15 is 0 Å². The number of rotatable bonds is 5. The first-order valence-corrected chi connectivity index (χ1v) is 10.2. The highest BCUT2D eigenvalue weighted by Gasteiger charge is 2.30. The first-order chi connectivity index (χ1) is 14.0. The molecule has 2 amide bonds. The van der Waals surface area contributed by atoms with Crippen molar-refractivity contribution < 1.29 is 18.5 Å². The molecular weight excluding hydrogens is 394 g/mol. The summed E-state index contributed by atoms with van der Waals surface area (Å²) in [6.45, 7) is 4.73. The van der Waals surface area contributed by atoms with Crippen molar-refractivity contribution in [2.45, 2.75) is 32.6 Å². The van der Waals surface area contributed by atoms with Gasteiger partial charge in [0.1, 0.15) is 10.6 Å². The molecule has 0 aromatic carbocycles. The number of amides is 2. The number of hydrogen-bond donors (Lipinski definition) is 1. The second-order valence-corrected chi connectivity index (χ2v) is 7.85. The normalized spacial score (nSPS) is 16.8. The minimum absolute atomic E-state index is 0.0651. The summed E-state index contributed by atoms with van der Waals surface area (Å²) in [4.78, 5) is 27.3. The molecule has 1 atom stereocenters. The largest absolute Gasteiger partial charge is 0.456 e. The van der Waals surface area contributed by atoms with Crippen LogP contribution in [0.4, 0.5) is 0 Å². The van der Waals surface area contributed by atoms with Crippen molar-refractivity contribution in [1.29, 1.82) is 0 Å². The van der Waals surface area contributed by atoms with Gasteiger partial charge in [-0.2, -0.15) is 0 Å². The van der Waals surface area contributed by atoms with Crippen LogP contribution in [0.5, 0.6) is 0 Å². The third kappa shape index (κ3) is 4.21. The van der Waals surface area contributed by atoms with Gasteiger partial charge in [-0.3, -0.25) is 9.59 Å². The number of carbonyl (C=O) groups excluding carboxylic acids is 2. The summed E-state index contributed by atoms with van der Waals surface area (Å²) >= 11 is 1.27. The molecule has 4 heterocycles. The van der Waals surface area contributed by atoms with Crippen molar-refractivity contribution in [2.75, 3.05) is 19.6 Å². The molecule has 1 fully saturated rings. The molecule has 152 valence electrons. The van der Waals surface area contributed by atoms with Gasteiger partial charge in [-0.15, -0.1) is 5.10 Å². The fraction of sp³-hybridized carbons (Fsp3) is 0.421. The van der Waals surface area contributed by atoms with Gasteiger partial charge in [0.25, 0.3) is 5.91 Å². The lowest BCUT2D eigenvalue weighted by atomic mass is 9.93. The van der Waals surface area contributed by atoms with Gasteiger partial charge < -0.3 is 19.2 Å². The van der Waals surface area contributed by atoms with Gasteiger partial charge in [0.15, 0.2) is 11.5 Å². The van der Waals surface area contributed by atoms with E-state index in [-0.39, 0.29) is 24.1 Å². The molecule has 10 heteroatoms.